The van der Waals surface area contributed by atoms with E-state index < -0.39 is 0 Å². The van der Waals surface area contributed by atoms with Crippen LogP contribution < -0.4 is 5.32 Å². The average molecular weight is 371 g/mol. The zero-order valence-electron chi connectivity index (χ0n) is 12.5. The van der Waals surface area contributed by atoms with E-state index in [1.807, 2.05) is 55.5 Å². The number of halogens is 1. The number of ketones is 1. The summed E-state index contributed by atoms with van der Waals surface area (Å²) in [6.07, 6.45) is 0. The molecule has 0 atom stereocenters. The summed E-state index contributed by atoms with van der Waals surface area (Å²) in [6, 6.07) is 17.1. The molecule has 4 nitrogen and oxygen atoms in total. The smallest absolute Gasteiger partial charge is 0.225 e. The molecule has 1 N–H and O–H groups in total. The number of benzene rings is 2. The first-order chi connectivity index (χ1) is 11.1. The molecule has 0 fully saturated rings. The highest BCUT2D eigenvalue weighted by Crippen LogP contribution is 2.23. The van der Waals surface area contributed by atoms with Crippen molar-refractivity contribution in [1.29, 1.82) is 0 Å². The maximum Gasteiger partial charge on any atom is 0.225 e. The van der Waals surface area contributed by atoms with Crippen LogP contribution in [-0.4, -0.2) is 17.5 Å². The predicted octanol–water partition coefficient (Wildman–Crippen LogP) is 4.71. The molecule has 0 saturated carbocycles. The fourth-order valence-corrected chi connectivity index (χ4v) is 2.39. The van der Waals surface area contributed by atoms with Gasteiger partial charge in [0.2, 0.25) is 5.88 Å². The topological polar surface area (TPSA) is 55.1 Å². The number of anilines is 1. The van der Waals surface area contributed by atoms with Crippen LogP contribution in [0.3, 0.4) is 0 Å². The van der Waals surface area contributed by atoms with Crippen LogP contribution in [0.15, 0.2) is 63.6 Å². The molecule has 0 aliphatic heterocycles. The number of rotatable bonds is 5. The van der Waals surface area contributed by atoms with E-state index in [1.54, 1.807) is 6.07 Å². The lowest BCUT2D eigenvalue weighted by Gasteiger charge is -2.02. The van der Waals surface area contributed by atoms with Crippen molar-refractivity contribution in [3.63, 3.8) is 0 Å². The van der Waals surface area contributed by atoms with E-state index >= 15 is 0 Å². The van der Waals surface area contributed by atoms with Gasteiger partial charge in [-0.15, -0.1) is 0 Å². The Kier molecular flexibility index (Phi) is 4.57. The number of aryl methyl sites for hydroxylation is 1. The van der Waals surface area contributed by atoms with Gasteiger partial charge in [0.15, 0.2) is 5.78 Å². The van der Waals surface area contributed by atoms with Gasteiger partial charge in [-0.2, -0.15) is 0 Å². The minimum atomic E-state index is 0.00610. The summed E-state index contributed by atoms with van der Waals surface area (Å²) in [5.74, 6) is 0.481. The van der Waals surface area contributed by atoms with E-state index in [9.17, 15) is 4.79 Å². The van der Waals surface area contributed by atoms with Crippen LogP contribution in [-0.2, 0) is 0 Å². The molecular formula is C18H15BrN2O2. The van der Waals surface area contributed by atoms with E-state index in [-0.39, 0.29) is 12.3 Å². The van der Waals surface area contributed by atoms with Crippen LogP contribution in [0.4, 0.5) is 5.88 Å². The van der Waals surface area contributed by atoms with E-state index in [0.717, 1.165) is 21.3 Å². The van der Waals surface area contributed by atoms with Gasteiger partial charge in [0.25, 0.3) is 0 Å². The number of hydrogen-bond acceptors (Lipinski definition) is 4. The minimum Gasteiger partial charge on any atom is -0.347 e. The number of hydrogen-bond donors (Lipinski definition) is 1. The summed E-state index contributed by atoms with van der Waals surface area (Å²) in [5.41, 5.74) is 3.48. The Bertz CT molecular complexity index is 808. The molecule has 2 aromatic carbocycles. The van der Waals surface area contributed by atoms with Crippen molar-refractivity contribution in [2.75, 3.05) is 11.9 Å². The van der Waals surface area contributed by atoms with Gasteiger partial charge in [-0.3, -0.25) is 4.79 Å². The Morgan fingerprint density at radius 1 is 1.13 bits per heavy atom. The monoisotopic (exact) mass is 370 g/mol. The second-order valence-electron chi connectivity index (χ2n) is 5.23. The van der Waals surface area contributed by atoms with Crippen molar-refractivity contribution in [2.24, 2.45) is 0 Å². The molecule has 0 saturated heterocycles. The molecule has 0 radical (unpaired) electrons. The van der Waals surface area contributed by atoms with Gasteiger partial charge in [-0.1, -0.05) is 63.0 Å². The second-order valence-corrected chi connectivity index (χ2v) is 6.14. The van der Waals surface area contributed by atoms with Crippen molar-refractivity contribution in [1.82, 2.24) is 5.16 Å². The summed E-state index contributed by atoms with van der Waals surface area (Å²) in [4.78, 5) is 12.1. The van der Waals surface area contributed by atoms with Crippen molar-refractivity contribution in [3.8, 4) is 11.3 Å². The normalized spacial score (nSPS) is 10.5. The molecule has 0 bridgehead atoms. The Balaban J connectivity index is 1.64. The van der Waals surface area contributed by atoms with Gasteiger partial charge >= 0.3 is 0 Å². The number of carbonyl (C=O) groups excluding carboxylic acids is 1. The number of nitrogens with one attached hydrogen (secondary N) is 1. The molecule has 0 aliphatic carbocycles. The highest BCUT2D eigenvalue weighted by molar-refractivity contribution is 9.10. The first-order valence-electron chi connectivity index (χ1n) is 7.18. The molecule has 5 heteroatoms. The Labute approximate surface area is 142 Å². The van der Waals surface area contributed by atoms with Crippen LogP contribution >= 0.6 is 15.9 Å². The maximum atomic E-state index is 12.1. The van der Waals surface area contributed by atoms with E-state index in [2.05, 4.69) is 26.4 Å². The van der Waals surface area contributed by atoms with Gasteiger partial charge in [-0.25, -0.2) is 0 Å². The van der Waals surface area contributed by atoms with E-state index in [1.165, 1.54) is 0 Å². The molecule has 3 rings (SSSR count). The van der Waals surface area contributed by atoms with E-state index in [0.29, 0.717) is 11.4 Å². The fraction of sp³-hybridized carbons (Fsp3) is 0.111. The Hall–Kier alpha value is -2.40. The molecule has 0 unspecified atom stereocenters. The van der Waals surface area contributed by atoms with Crippen LogP contribution in [0, 0.1) is 6.92 Å². The maximum absolute atomic E-state index is 12.1. The molecule has 3 aromatic rings. The Morgan fingerprint density at radius 2 is 1.83 bits per heavy atom. The summed E-state index contributed by atoms with van der Waals surface area (Å²) in [7, 11) is 0. The molecule has 1 heterocycles. The largest absolute Gasteiger partial charge is 0.347 e. The number of nitrogens with zero attached hydrogens (tertiary/aromatic N) is 1. The number of aromatic nitrogens is 1. The lowest BCUT2D eigenvalue weighted by atomic mass is 10.1. The standard InChI is InChI=1S/C18H15BrN2O2/c1-12-2-4-14(5-3-12)17(22)11-20-18-10-16(21-23-18)13-6-8-15(19)9-7-13/h2-10,20H,11H2,1H3. The molecule has 0 spiro atoms. The lowest BCUT2D eigenvalue weighted by Crippen LogP contribution is -2.13. The van der Waals surface area contributed by atoms with Crippen molar-refractivity contribution in [2.45, 2.75) is 6.92 Å². The van der Waals surface area contributed by atoms with Gasteiger partial charge in [0.1, 0.15) is 5.69 Å². The molecule has 116 valence electrons. The van der Waals surface area contributed by atoms with Gasteiger partial charge in [-0.05, 0) is 19.1 Å². The molecule has 1 aromatic heterocycles. The first-order valence-corrected chi connectivity index (χ1v) is 7.97. The summed E-state index contributed by atoms with van der Waals surface area (Å²) in [6.45, 7) is 2.16. The Morgan fingerprint density at radius 3 is 2.52 bits per heavy atom. The molecule has 23 heavy (non-hydrogen) atoms. The SMILES string of the molecule is Cc1ccc(C(=O)CNc2cc(-c3ccc(Br)cc3)no2)cc1. The summed E-state index contributed by atoms with van der Waals surface area (Å²) < 4.78 is 6.24. The lowest BCUT2D eigenvalue weighted by molar-refractivity contribution is 0.101. The third-order valence-corrected chi connectivity index (χ3v) is 3.98. The van der Waals surface area contributed by atoms with Crippen molar-refractivity contribution in [3.05, 3.63) is 70.2 Å². The van der Waals surface area contributed by atoms with Gasteiger partial charge in [0, 0.05) is 21.7 Å². The zero-order valence-corrected chi connectivity index (χ0v) is 14.1. The van der Waals surface area contributed by atoms with Crippen LogP contribution in [0.1, 0.15) is 15.9 Å². The third-order valence-electron chi connectivity index (χ3n) is 3.45. The first kappa shape index (κ1) is 15.5. The highest BCUT2D eigenvalue weighted by Gasteiger charge is 2.09. The van der Waals surface area contributed by atoms with E-state index in [4.69, 9.17) is 4.52 Å². The van der Waals surface area contributed by atoms with Gasteiger partial charge < -0.3 is 9.84 Å². The highest BCUT2D eigenvalue weighted by atomic mass is 79.9. The zero-order chi connectivity index (χ0) is 16.2. The molecule has 0 amide bonds. The second kappa shape index (κ2) is 6.79. The fourth-order valence-electron chi connectivity index (χ4n) is 2.12. The molecular weight excluding hydrogens is 356 g/mol. The van der Waals surface area contributed by atoms with Crippen molar-refractivity contribution >= 4 is 27.6 Å². The number of carbonyl (C=O) groups is 1. The molecule has 0 aliphatic rings. The van der Waals surface area contributed by atoms with Crippen LogP contribution in [0.25, 0.3) is 11.3 Å². The number of Topliss-reactive ketones (excluding diaryl/α,β-unsaturated/α-hetero) is 1. The van der Waals surface area contributed by atoms with Gasteiger partial charge in [0.05, 0.1) is 6.54 Å². The minimum absolute atomic E-state index is 0.00610. The summed E-state index contributed by atoms with van der Waals surface area (Å²) in [5, 5.41) is 6.99. The van der Waals surface area contributed by atoms with Crippen LogP contribution in [0.5, 0.6) is 0 Å². The quantitative estimate of drug-likeness (QED) is 0.660. The van der Waals surface area contributed by atoms with Crippen molar-refractivity contribution < 1.29 is 9.32 Å². The third kappa shape index (κ3) is 3.87. The average Bonchev–Trinajstić information content (AvgIpc) is 3.03. The predicted molar refractivity (Wildman–Crippen MR) is 93.6 cm³/mol. The summed E-state index contributed by atoms with van der Waals surface area (Å²) >= 11 is 3.40. The van der Waals surface area contributed by atoms with Crippen LogP contribution in [0.2, 0.25) is 0 Å².